The highest BCUT2D eigenvalue weighted by Gasteiger charge is 2.50. The molecule has 3 N–H and O–H groups in total. The summed E-state index contributed by atoms with van der Waals surface area (Å²) in [5, 5.41) is 10.6. The van der Waals surface area contributed by atoms with Gasteiger partial charge in [-0.2, -0.15) is 0 Å². The standard InChI is InChI=1S/C35H42N4O7/c1-23(36-31(40)21-39-14-16-45-17-15-39)33(42)38-30(19-24-9-12-28(44-3)13-10-24)34(43)37-29(32(41)35(2)22-46-35)20-25-8-11-26-6-4-5-7-27(26)18-25/h4-13,18,23,29-30H,14-17,19-22H2,1-3H3,(H,36,40)(H,37,43)(H,38,42)/t23-,29-,30-,35+/m0/s1. The van der Waals surface area contributed by atoms with E-state index in [-0.39, 0.29) is 37.7 Å². The predicted octanol–water partition coefficient (Wildman–Crippen LogP) is 1.80. The molecule has 2 fully saturated rings. The van der Waals surface area contributed by atoms with Gasteiger partial charge in [-0.1, -0.05) is 54.6 Å². The average molecular weight is 631 g/mol. The number of methoxy groups -OCH3 is 1. The number of ketones is 1. The molecular weight excluding hydrogens is 588 g/mol. The van der Waals surface area contributed by atoms with E-state index in [2.05, 4.69) is 16.0 Å². The number of nitrogens with zero attached hydrogens (tertiary/aromatic N) is 1. The minimum absolute atomic E-state index is 0.149. The molecule has 46 heavy (non-hydrogen) atoms. The van der Waals surface area contributed by atoms with Crippen LogP contribution in [0.25, 0.3) is 10.8 Å². The Morgan fingerprint density at radius 2 is 1.48 bits per heavy atom. The van der Waals surface area contributed by atoms with Crippen LogP contribution in [-0.4, -0.2) is 98.7 Å². The fourth-order valence-electron chi connectivity index (χ4n) is 5.52. The number of nitrogens with one attached hydrogen (secondary N) is 3. The molecule has 0 bridgehead atoms. The second-order valence-corrected chi connectivity index (χ2v) is 12.1. The van der Waals surface area contributed by atoms with Crippen LogP contribution in [0.15, 0.2) is 66.7 Å². The number of rotatable bonds is 14. The Kier molecular flexibility index (Phi) is 10.7. The number of amides is 3. The smallest absolute Gasteiger partial charge is 0.243 e. The second-order valence-electron chi connectivity index (χ2n) is 12.1. The molecule has 2 heterocycles. The molecule has 0 aliphatic carbocycles. The van der Waals surface area contributed by atoms with Crippen molar-refractivity contribution in [2.75, 3.05) is 46.6 Å². The van der Waals surface area contributed by atoms with Crippen LogP contribution >= 0.6 is 0 Å². The number of ether oxygens (including phenoxy) is 3. The molecular formula is C35H42N4O7. The van der Waals surface area contributed by atoms with Gasteiger partial charge >= 0.3 is 0 Å². The number of fused-ring (bicyclic) bond motifs is 1. The lowest BCUT2D eigenvalue weighted by Crippen LogP contribution is -2.57. The van der Waals surface area contributed by atoms with E-state index >= 15 is 0 Å². The lowest BCUT2D eigenvalue weighted by Gasteiger charge is -2.27. The number of hydrogen-bond donors (Lipinski definition) is 3. The van der Waals surface area contributed by atoms with Crippen LogP contribution in [0.4, 0.5) is 0 Å². The molecule has 11 heteroatoms. The van der Waals surface area contributed by atoms with Crippen molar-refractivity contribution in [3.8, 4) is 5.75 Å². The van der Waals surface area contributed by atoms with Gasteiger partial charge in [0.25, 0.3) is 0 Å². The molecule has 5 rings (SSSR count). The Hall–Kier alpha value is -4.32. The number of morpholine rings is 1. The Bertz CT molecular complexity index is 1550. The molecule has 4 atom stereocenters. The average Bonchev–Trinajstić information content (AvgIpc) is 3.82. The molecule has 3 aromatic rings. The highest BCUT2D eigenvalue weighted by molar-refractivity contribution is 5.98. The zero-order valence-corrected chi connectivity index (χ0v) is 26.5. The lowest BCUT2D eigenvalue weighted by molar-refractivity contribution is -0.134. The van der Waals surface area contributed by atoms with Gasteiger partial charge in [0.15, 0.2) is 5.78 Å². The highest BCUT2D eigenvalue weighted by atomic mass is 16.6. The third-order valence-electron chi connectivity index (χ3n) is 8.46. The monoisotopic (exact) mass is 630 g/mol. The fraction of sp³-hybridized carbons (Fsp3) is 0.429. The molecule has 2 saturated heterocycles. The Labute approximate surface area is 268 Å². The summed E-state index contributed by atoms with van der Waals surface area (Å²) < 4.78 is 16.1. The van der Waals surface area contributed by atoms with Gasteiger partial charge in [0.2, 0.25) is 17.7 Å². The van der Waals surface area contributed by atoms with E-state index in [9.17, 15) is 19.2 Å². The molecule has 0 radical (unpaired) electrons. The first-order valence-corrected chi connectivity index (χ1v) is 15.6. The summed E-state index contributed by atoms with van der Waals surface area (Å²) >= 11 is 0. The van der Waals surface area contributed by atoms with Crippen molar-refractivity contribution in [2.24, 2.45) is 0 Å². The van der Waals surface area contributed by atoms with Gasteiger partial charge < -0.3 is 30.2 Å². The molecule has 0 aromatic heterocycles. The topological polar surface area (TPSA) is 139 Å². The largest absolute Gasteiger partial charge is 0.497 e. The molecule has 2 aliphatic heterocycles. The van der Waals surface area contributed by atoms with Crippen molar-refractivity contribution >= 4 is 34.3 Å². The summed E-state index contributed by atoms with van der Waals surface area (Å²) in [5.41, 5.74) is 0.692. The van der Waals surface area contributed by atoms with Crippen LogP contribution in [0.5, 0.6) is 5.75 Å². The van der Waals surface area contributed by atoms with Crippen LogP contribution in [0.1, 0.15) is 25.0 Å². The number of carbonyl (C=O) groups excluding carboxylic acids is 4. The summed E-state index contributed by atoms with van der Waals surface area (Å²) in [7, 11) is 1.57. The third-order valence-corrected chi connectivity index (χ3v) is 8.46. The zero-order valence-electron chi connectivity index (χ0n) is 26.5. The summed E-state index contributed by atoms with van der Waals surface area (Å²) in [6, 6.07) is 18.3. The van der Waals surface area contributed by atoms with Crippen LogP contribution in [0.3, 0.4) is 0 Å². The first kappa shape index (κ1) is 33.1. The molecule has 0 unspecified atom stereocenters. The molecule has 0 saturated carbocycles. The quantitative estimate of drug-likeness (QED) is 0.229. The minimum atomic E-state index is -1.03. The predicted molar refractivity (Wildman–Crippen MR) is 172 cm³/mol. The second kappa shape index (κ2) is 14.8. The van der Waals surface area contributed by atoms with E-state index in [1.807, 2.05) is 59.5 Å². The summed E-state index contributed by atoms with van der Waals surface area (Å²) in [5.74, 6) is -0.894. The fourth-order valence-corrected chi connectivity index (χ4v) is 5.52. The van der Waals surface area contributed by atoms with Gasteiger partial charge in [-0.3, -0.25) is 24.1 Å². The van der Waals surface area contributed by atoms with E-state index in [0.717, 1.165) is 21.9 Å². The maximum atomic E-state index is 13.9. The number of carbonyl (C=O) groups is 4. The van der Waals surface area contributed by atoms with Crippen LogP contribution < -0.4 is 20.7 Å². The molecule has 244 valence electrons. The Morgan fingerprint density at radius 3 is 2.15 bits per heavy atom. The normalized spacial score (nSPS) is 19.8. The highest BCUT2D eigenvalue weighted by Crippen LogP contribution is 2.29. The maximum Gasteiger partial charge on any atom is 0.243 e. The van der Waals surface area contributed by atoms with Gasteiger partial charge in [-0.15, -0.1) is 0 Å². The van der Waals surface area contributed by atoms with Gasteiger partial charge in [0.1, 0.15) is 23.4 Å². The van der Waals surface area contributed by atoms with E-state index < -0.39 is 35.5 Å². The van der Waals surface area contributed by atoms with Crippen molar-refractivity contribution in [3.63, 3.8) is 0 Å². The van der Waals surface area contributed by atoms with Gasteiger partial charge in [-0.05, 0) is 54.3 Å². The van der Waals surface area contributed by atoms with Crippen molar-refractivity contribution < 1.29 is 33.4 Å². The van der Waals surface area contributed by atoms with Gasteiger partial charge in [0, 0.05) is 19.5 Å². The third kappa shape index (κ3) is 8.68. The molecule has 11 nitrogen and oxygen atoms in total. The molecule has 3 aromatic carbocycles. The first-order chi connectivity index (χ1) is 22.1. The lowest BCUT2D eigenvalue weighted by atomic mass is 9.93. The number of benzene rings is 3. The zero-order chi connectivity index (χ0) is 32.7. The number of epoxide rings is 1. The summed E-state index contributed by atoms with van der Waals surface area (Å²) in [4.78, 5) is 55.5. The van der Waals surface area contributed by atoms with Gasteiger partial charge in [-0.25, -0.2) is 0 Å². The van der Waals surface area contributed by atoms with E-state index in [1.165, 1.54) is 0 Å². The van der Waals surface area contributed by atoms with E-state index in [1.54, 1.807) is 33.1 Å². The summed E-state index contributed by atoms with van der Waals surface area (Å²) in [6.07, 6.45) is 0.409. The van der Waals surface area contributed by atoms with Crippen molar-refractivity contribution in [3.05, 3.63) is 77.9 Å². The van der Waals surface area contributed by atoms with E-state index in [4.69, 9.17) is 14.2 Å². The SMILES string of the molecule is COc1ccc(C[C@H](NC(=O)[C@H](C)NC(=O)CN2CCOCC2)C(=O)N[C@@H](Cc2ccc3ccccc3c2)C(=O)[C@@]2(C)CO2)cc1. The van der Waals surface area contributed by atoms with Crippen LogP contribution in [-0.2, 0) is 41.5 Å². The van der Waals surface area contributed by atoms with Gasteiger partial charge in [0.05, 0.1) is 39.5 Å². The first-order valence-electron chi connectivity index (χ1n) is 15.6. The van der Waals surface area contributed by atoms with Crippen molar-refractivity contribution in [1.82, 2.24) is 20.9 Å². The van der Waals surface area contributed by atoms with Crippen LogP contribution in [0.2, 0.25) is 0 Å². The maximum absolute atomic E-state index is 13.9. The minimum Gasteiger partial charge on any atom is -0.497 e. The molecule has 2 aliphatic rings. The number of hydrogen-bond acceptors (Lipinski definition) is 8. The summed E-state index contributed by atoms with van der Waals surface area (Å²) in [6.45, 7) is 6.11. The number of Topliss-reactive ketones (excluding diaryl/α,β-unsaturated/α-hetero) is 1. The van der Waals surface area contributed by atoms with Crippen LogP contribution in [0, 0.1) is 0 Å². The van der Waals surface area contributed by atoms with E-state index in [0.29, 0.717) is 32.1 Å². The Morgan fingerprint density at radius 1 is 0.848 bits per heavy atom. The Balaban J connectivity index is 1.31. The molecule has 0 spiro atoms. The van der Waals surface area contributed by atoms with Crippen molar-refractivity contribution in [1.29, 1.82) is 0 Å². The molecule has 3 amide bonds. The van der Waals surface area contributed by atoms with Crippen molar-refractivity contribution in [2.45, 2.75) is 50.4 Å².